The molecule has 6 rings (SSSR count). The van der Waals surface area contributed by atoms with Crippen molar-refractivity contribution >= 4 is 33.2 Å². The van der Waals surface area contributed by atoms with Crippen LogP contribution in [-0.4, -0.2) is 36.3 Å². The van der Waals surface area contributed by atoms with Crippen LogP contribution in [0.3, 0.4) is 0 Å². The predicted molar refractivity (Wildman–Crippen MR) is 154 cm³/mol. The number of hydrogen-bond acceptors (Lipinski definition) is 5. The molecule has 0 radical (unpaired) electrons. The molecule has 0 saturated heterocycles. The van der Waals surface area contributed by atoms with E-state index in [4.69, 9.17) is 14.7 Å². The minimum atomic E-state index is 0.681. The Morgan fingerprint density at radius 1 is 0.649 bits per heavy atom. The van der Waals surface area contributed by atoms with Crippen molar-refractivity contribution in [2.24, 2.45) is 0 Å². The maximum absolute atomic E-state index is 6.08. The Balaban J connectivity index is 1.09. The first-order valence-electron chi connectivity index (χ1n) is 14.1. The van der Waals surface area contributed by atoms with Crippen LogP contribution in [0.1, 0.15) is 59.3 Å². The Morgan fingerprint density at radius 2 is 1.11 bits per heavy atom. The molecule has 2 aromatic heterocycles. The normalized spacial score (nSPS) is 15.0. The SMILES string of the molecule is Cc1ccc2nc3c(c(NCCOCCNc4c5c(nc6ccc(C)cc46)CCCC5)c2c1)CCCC3. The summed E-state index contributed by atoms with van der Waals surface area (Å²) in [6, 6.07) is 13.2. The van der Waals surface area contributed by atoms with E-state index < -0.39 is 0 Å². The van der Waals surface area contributed by atoms with Crippen LogP contribution < -0.4 is 10.6 Å². The van der Waals surface area contributed by atoms with Crippen molar-refractivity contribution < 1.29 is 4.74 Å². The van der Waals surface area contributed by atoms with E-state index in [0.717, 1.165) is 49.8 Å². The third-order valence-corrected chi connectivity index (χ3v) is 7.93. The van der Waals surface area contributed by atoms with Crippen molar-refractivity contribution in [1.29, 1.82) is 0 Å². The van der Waals surface area contributed by atoms with Gasteiger partial charge in [0.2, 0.25) is 0 Å². The first kappa shape index (κ1) is 24.2. The molecule has 0 saturated carbocycles. The van der Waals surface area contributed by atoms with Crippen molar-refractivity contribution in [2.45, 2.75) is 65.2 Å². The number of anilines is 2. The topological polar surface area (TPSA) is 59.1 Å². The fourth-order valence-electron chi connectivity index (χ4n) is 6.08. The van der Waals surface area contributed by atoms with Gasteiger partial charge in [0.05, 0.1) is 24.2 Å². The van der Waals surface area contributed by atoms with Gasteiger partial charge >= 0.3 is 0 Å². The monoisotopic (exact) mass is 494 g/mol. The molecule has 2 N–H and O–H groups in total. The number of nitrogens with one attached hydrogen (secondary N) is 2. The second-order valence-electron chi connectivity index (χ2n) is 10.7. The van der Waals surface area contributed by atoms with Crippen LogP contribution in [0.4, 0.5) is 11.4 Å². The fourth-order valence-corrected chi connectivity index (χ4v) is 6.08. The lowest BCUT2D eigenvalue weighted by Crippen LogP contribution is -2.18. The van der Waals surface area contributed by atoms with Gasteiger partial charge in [-0.3, -0.25) is 9.97 Å². The lowest BCUT2D eigenvalue weighted by atomic mass is 9.92. The molecule has 2 heterocycles. The summed E-state index contributed by atoms with van der Waals surface area (Å²) in [4.78, 5) is 9.98. The zero-order valence-electron chi connectivity index (χ0n) is 22.3. The first-order chi connectivity index (χ1) is 18.2. The maximum atomic E-state index is 6.08. The Labute approximate surface area is 220 Å². The molecule has 0 fully saturated rings. The summed E-state index contributed by atoms with van der Waals surface area (Å²) >= 11 is 0. The average Bonchev–Trinajstić information content (AvgIpc) is 2.92. The van der Waals surface area contributed by atoms with Crippen LogP contribution in [0.15, 0.2) is 36.4 Å². The molecule has 2 aliphatic rings. The molecule has 4 aromatic rings. The second kappa shape index (κ2) is 10.7. The molecular weight excluding hydrogens is 456 g/mol. The van der Waals surface area contributed by atoms with Gasteiger partial charge in [-0.15, -0.1) is 0 Å². The van der Waals surface area contributed by atoms with Crippen LogP contribution in [0.25, 0.3) is 21.8 Å². The van der Waals surface area contributed by atoms with Gasteiger partial charge in [-0.2, -0.15) is 0 Å². The highest BCUT2D eigenvalue weighted by molar-refractivity contribution is 5.95. The summed E-state index contributed by atoms with van der Waals surface area (Å²) in [5, 5.41) is 9.94. The van der Waals surface area contributed by atoms with Crippen LogP contribution in [0.5, 0.6) is 0 Å². The smallest absolute Gasteiger partial charge is 0.0726 e. The van der Waals surface area contributed by atoms with Gasteiger partial charge < -0.3 is 15.4 Å². The van der Waals surface area contributed by atoms with Gasteiger partial charge in [-0.25, -0.2) is 0 Å². The molecule has 0 atom stereocenters. The highest BCUT2D eigenvalue weighted by Gasteiger charge is 2.19. The standard InChI is InChI=1S/C32H38N4O/c1-21-11-13-29-25(19-21)31(23-7-3-5-9-27(23)35-29)33-15-17-37-18-16-34-32-24-8-4-6-10-28(24)36-30-14-12-22(2)20-26(30)32/h11-14,19-20H,3-10,15-18H2,1-2H3,(H,33,35)(H,34,36). The molecule has 2 aromatic carbocycles. The first-order valence-corrected chi connectivity index (χ1v) is 14.1. The number of fused-ring (bicyclic) bond motifs is 4. The number of benzene rings is 2. The van der Waals surface area contributed by atoms with E-state index in [2.05, 4.69) is 60.9 Å². The highest BCUT2D eigenvalue weighted by atomic mass is 16.5. The zero-order valence-corrected chi connectivity index (χ0v) is 22.3. The summed E-state index contributed by atoms with van der Waals surface area (Å²) in [6.45, 7) is 7.27. The summed E-state index contributed by atoms with van der Waals surface area (Å²) in [7, 11) is 0. The molecule has 2 aliphatic carbocycles. The molecule has 0 bridgehead atoms. The minimum Gasteiger partial charge on any atom is -0.382 e. The van der Waals surface area contributed by atoms with E-state index in [-0.39, 0.29) is 0 Å². The third-order valence-electron chi connectivity index (χ3n) is 7.93. The molecule has 0 aliphatic heterocycles. The summed E-state index contributed by atoms with van der Waals surface area (Å²) < 4.78 is 6.08. The van der Waals surface area contributed by atoms with E-state index in [1.54, 1.807) is 0 Å². The number of nitrogens with zero attached hydrogens (tertiary/aromatic N) is 2. The number of aryl methyl sites for hydroxylation is 4. The Morgan fingerprint density at radius 3 is 1.59 bits per heavy atom. The molecular formula is C32H38N4O. The van der Waals surface area contributed by atoms with E-state index in [1.807, 2.05) is 0 Å². The van der Waals surface area contributed by atoms with Crippen LogP contribution in [-0.2, 0) is 30.4 Å². The third kappa shape index (κ3) is 5.02. The molecule has 37 heavy (non-hydrogen) atoms. The lowest BCUT2D eigenvalue weighted by Gasteiger charge is -2.22. The van der Waals surface area contributed by atoms with Gasteiger partial charge in [0.1, 0.15) is 0 Å². The average molecular weight is 495 g/mol. The van der Waals surface area contributed by atoms with Crippen molar-refractivity contribution in [3.05, 3.63) is 70.0 Å². The lowest BCUT2D eigenvalue weighted by molar-refractivity contribution is 0.154. The Hall–Kier alpha value is -3.18. The molecule has 0 amide bonds. The van der Waals surface area contributed by atoms with E-state index in [0.29, 0.717) is 13.2 Å². The van der Waals surface area contributed by atoms with E-state index in [9.17, 15) is 0 Å². The number of hydrogen-bond donors (Lipinski definition) is 2. The van der Waals surface area contributed by atoms with Crippen molar-refractivity contribution in [3.8, 4) is 0 Å². The minimum absolute atomic E-state index is 0.681. The number of aromatic nitrogens is 2. The molecule has 0 unspecified atom stereocenters. The highest BCUT2D eigenvalue weighted by Crippen LogP contribution is 2.35. The number of ether oxygens (including phenoxy) is 1. The largest absolute Gasteiger partial charge is 0.382 e. The Kier molecular flexibility index (Phi) is 6.97. The number of pyridine rings is 2. The van der Waals surface area contributed by atoms with Crippen molar-refractivity contribution in [2.75, 3.05) is 36.9 Å². The summed E-state index contributed by atoms with van der Waals surface area (Å²) in [5.41, 5.74) is 12.7. The van der Waals surface area contributed by atoms with Gasteiger partial charge in [-0.05, 0) is 101 Å². The molecule has 0 spiro atoms. The van der Waals surface area contributed by atoms with Crippen LogP contribution >= 0.6 is 0 Å². The van der Waals surface area contributed by atoms with Crippen molar-refractivity contribution in [1.82, 2.24) is 9.97 Å². The quantitative estimate of drug-likeness (QED) is 0.267. The number of rotatable bonds is 8. The van der Waals surface area contributed by atoms with Gasteiger partial charge in [0.25, 0.3) is 0 Å². The Bertz CT molecular complexity index is 1340. The van der Waals surface area contributed by atoms with Gasteiger partial charge in [-0.1, -0.05) is 23.3 Å². The van der Waals surface area contributed by atoms with Gasteiger partial charge in [0.15, 0.2) is 0 Å². The van der Waals surface area contributed by atoms with Crippen molar-refractivity contribution in [3.63, 3.8) is 0 Å². The van der Waals surface area contributed by atoms with Crippen LogP contribution in [0, 0.1) is 13.8 Å². The molecule has 5 heteroatoms. The van der Waals surface area contributed by atoms with Crippen LogP contribution in [0.2, 0.25) is 0 Å². The predicted octanol–water partition coefficient (Wildman–Crippen LogP) is 6.70. The summed E-state index contributed by atoms with van der Waals surface area (Å²) in [6.07, 6.45) is 9.37. The summed E-state index contributed by atoms with van der Waals surface area (Å²) in [5.74, 6) is 0. The van der Waals surface area contributed by atoms with Gasteiger partial charge in [0, 0.05) is 46.6 Å². The van der Waals surface area contributed by atoms with E-state index >= 15 is 0 Å². The van der Waals surface area contributed by atoms with E-state index in [1.165, 1.54) is 81.5 Å². The zero-order chi connectivity index (χ0) is 25.2. The fraction of sp³-hybridized carbons (Fsp3) is 0.438. The maximum Gasteiger partial charge on any atom is 0.0726 e. The molecule has 5 nitrogen and oxygen atoms in total. The molecule has 192 valence electrons. The second-order valence-corrected chi connectivity index (χ2v) is 10.7.